The van der Waals surface area contributed by atoms with Gasteiger partial charge in [0.15, 0.2) is 4.90 Å². The van der Waals surface area contributed by atoms with Crippen LogP contribution in [-0.4, -0.2) is 41.5 Å². The number of sulfonamides is 1. The van der Waals surface area contributed by atoms with Crippen LogP contribution in [0.1, 0.15) is 42.5 Å². The molecule has 3 unspecified atom stereocenters. The largest absolute Gasteiger partial charge is 0.289 e. The van der Waals surface area contributed by atoms with Crippen molar-refractivity contribution in [3.8, 4) is 0 Å². The third-order valence-corrected chi connectivity index (χ3v) is 8.27. The summed E-state index contributed by atoms with van der Waals surface area (Å²) in [5.41, 5.74) is 4.48. The Hall–Kier alpha value is -3.31. The Bertz CT molecular complexity index is 1170. The maximum atomic E-state index is 13.6. The van der Waals surface area contributed by atoms with Gasteiger partial charge in [-0.25, -0.2) is 8.42 Å². The van der Waals surface area contributed by atoms with Crippen LogP contribution in [0.15, 0.2) is 59.5 Å². The topological polar surface area (TPSA) is 139 Å². The summed E-state index contributed by atoms with van der Waals surface area (Å²) in [6.45, 7) is 0. The number of amides is 2. The van der Waals surface area contributed by atoms with Crippen molar-refractivity contribution < 1.29 is 22.9 Å². The Labute approximate surface area is 191 Å². The van der Waals surface area contributed by atoms with Gasteiger partial charge in [-0.1, -0.05) is 43.2 Å². The maximum Gasteiger partial charge on any atom is 0.289 e. The maximum absolute atomic E-state index is 13.6. The van der Waals surface area contributed by atoms with E-state index in [1.807, 2.05) is 0 Å². The molecule has 0 radical (unpaired) electrons. The average molecular weight is 473 g/mol. The summed E-state index contributed by atoms with van der Waals surface area (Å²) >= 11 is 0. The fourth-order valence-corrected chi connectivity index (χ4v) is 6.83. The van der Waals surface area contributed by atoms with Gasteiger partial charge < -0.3 is 0 Å². The van der Waals surface area contributed by atoms with E-state index in [9.17, 15) is 28.1 Å². The number of nitrogens with zero attached hydrogens (tertiary/aromatic N) is 2. The van der Waals surface area contributed by atoms with Crippen LogP contribution in [0.4, 0.5) is 5.69 Å². The van der Waals surface area contributed by atoms with E-state index in [-0.39, 0.29) is 12.3 Å². The Morgan fingerprint density at radius 1 is 0.970 bits per heavy atom. The van der Waals surface area contributed by atoms with Gasteiger partial charge in [-0.05, 0) is 43.4 Å². The van der Waals surface area contributed by atoms with Gasteiger partial charge >= 0.3 is 0 Å². The summed E-state index contributed by atoms with van der Waals surface area (Å²) in [7, 11) is -4.35. The molecule has 4 rings (SSSR count). The summed E-state index contributed by atoms with van der Waals surface area (Å²) in [5, 5.41) is 11.5. The third-order valence-electron chi connectivity index (χ3n) is 6.28. The lowest BCUT2D eigenvalue weighted by atomic mass is 9.85. The van der Waals surface area contributed by atoms with E-state index in [0.717, 1.165) is 29.6 Å². The molecule has 3 atom stereocenters. The number of nitro benzene ring substituents is 1. The minimum absolute atomic E-state index is 0.0307. The molecule has 0 aromatic heterocycles. The van der Waals surface area contributed by atoms with Crippen molar-refractivity contribution in [3.05, 3.63) is 70.3 Å². The Morgan fingerprint density at radius 2 is 1.64 bits per heavy atom. The van der Waals surface area contributed by atoms with E-state index in [4.69, 9.17) is 0 Å². The average Bonchev–Trinajstić information content (AvgIpc) is 3.23. The molecule has 2 N–H and O–H groups in total. The third kappa shape index (κ3) is 4.46. The lowest BCUT2D eigenvalue weighted by molar-refractivity contribution is -0.387. The lowest BCUT2D eigenvalue weighted by Crippen LogP contribution is -2.53. The van der Waals surface area contributed by atoms with Crippen molar-refractivity contribution in [2.45, 2.75) is 49.1 Å². The SMILES string of the molecule is O=C(NNC(=O)C1CC2CCCCC2N1S(=O)(=O)c1ccccc1[N+](=O)[O-])c1ccccc1. The molecule has 11 heteroatoms. The van der Waals surface area contributed by atoms with E-state index in [1.54, 1.807) is 30.3 Å². The van der Waals surface area contributed by atoms with Crippen molar-refractivity contribution >= 4 is 27.5 Å². The van der Waals surface area contributed by atoms with Crippen LogP contribution in [0.2, 0.25) is 0 Å². The number of para-hydroxylation sites is 1. The van der Waals surface area contributed by atoms with E-state index in [2.05, 4.69) is 10.9 Å². The monoisotopic (exact) mass is 472 g/mol. The highest BCUT2D eigenvalue weighted by Gasteiger charge is 2.52. The molecule has 33 heavy (non-hydrogen) atoms. The molecule has 2 aromatic carbocycles. The van der Waals surface area contributed by atoms with E-state index >= 15 is 0 Å². The number of fused-ring (bicyclic) bond motifs is 1. The smallest absolute Gasteiger partial charge is 0.271 e. The molecule has 0 bridgehead atoms. The zero-order chi connectivity index (χ0) is 23.6. The molecule has 1 saturated heterocycles. The lowest BCUT2D eigenvalue weighted by Gasteiger charge is -2.32. The molecular weight excluding hydrogens is 448 g/mol. The minimum atomic E-state index is -4.35. The molecule has 2 aromatic rings. The van der Waals surface area contributed by atoms with Gasteiger partial charge in [0.25, 0.3) is 27.5 Å². The molecular formula is C22H24N4O6S. The van der Waals surface area contributed by atoms with Crippen molar-refractivity contribution in [3.63, 3.8) is 0 Å². The van der Waals surface area contributed by atoms with Gasteiger partial charge in [0.05, 0.1) is 4.92 Å². The van der Waals surface area contributed by atoms with Crippen LogP contribution in [0.5, 0.6) is 0 Å². The van der Waals surface area contributed by atoms with Gasteiger partial charge in [-0.15, -0.1) is 0 Å². The first-order valence-corrected chi connectivity index (χ1v) is 12.2. The zero-order valence-corrected chi connectivity index (χ0v) is 18.5. The second-order valence-electron chi connectivity index (χ2n) is 8.23. The first-order valence-electron chi connectivity index (χ1n) is 10.7. The van der Waals surface area contributed by atoms with Crippen LogP contribution in [0, 0.1) is 16.0 Å². The van der Waals surface area contributed by atoms with Gasteiger partial charge in [0.2, 0.25) is 0 Å². The first-order chi connectivity index (χ1) is 15.8. The van der Waals surface area contributed by atoms with E-state index < -0.39 is 49.4 Å². The number of benzene rings is 2. The normalized spacial score (nSPS) is 22.8. The number of nitro groups is 1. The van der Waals surface area contributed by atoms with E-state index in [0.29, 0.717) is 12.0 Å². The fraction of sp³-hybridized carbons (Fsp3) is 0.364. The van der Waals surface area contributed by atoms with E-state index in [1.165, 1.54) is 18.2 Å². The predicted octanol–water partition coefficient (Wildman–Crippen LogP) is 2.38. The molecule has 1 aliphatic heterocycles. The zero-order valence-electron chi connectivity index (χ0n) is 17.7. The molecule has 1 heterocycles. The highest BCUT2D eigenvalue weighted by molar-refractivity contribution is 7.89. The highest BCUT2D eigenvalue weighted by Crippen LogP contribution is 2.43. The van der Waals surface area contributed by atoms with Gasteiger partial charge in [-0.2, -0.15) is 4.31 Å². The van der Waals surface area contributed by atoms with Crippen LogP contribution >= 0.6 is 0 Å². The first kappa shape index (κ1) is 22.9. The molecule has 10 nitrogen and oxygen atoms in total. The number of hydrogen-bond donors (Lipinski definition) is 2. The second kappa shape index (κ2) is 9.28. The molecule has 2 fully saturated rings. The predicted molar refractivity (Wildman–Crippen MR) is 118 cm³/mol. The highest BCUT2D eigenvalue weighted by atomic mass is 32.2. The molecule has 1 aliphatic carbocycles. The number of hydrazine groups is 1. The van der Waals surface area contributed by atoms with Crippen LogP contribution in [-0.2, 0) is 14.8 Å². The summed E-state index contributed by atoms with van der Waals surface area (Å²) in [5.74, 6) is -1.24. The van der Waals surface area contributed by atoms with Crippen molar-refractivity contribution in [1.29, 1.82) is 0 Å². The van der Waals surface area contributed by atoms with Gasteiger partial charge in [-0.3, -0.25) is 30.6 Å². The number of carbonyl (C=O) groups excluding carboxylic acids is 2. The minimum Gasteiger partial charge on any atom is -0.271 e. The number of rotatable bonds is 5. The molecule has 2 amide bonds. The number of hydrogen-bond acceptors (Lipinski definition) is 6. The Kier molecular flexibility index (Phi) is 6.43. The standard InChI is InChI=1S/C22H24N4O6S/c27-21(15-8-2-1-3-9-15)23-24-22(28)19-14-16-10-4-5-11-17(16)25(19)33(31,32)20-13-7-6-12-18(20)26(29)30/h1-3,6-9,12-13,16-17,19H,4-5,10-11,14H2,(H,23,27)(H,24,28). The number of nitrogens with one attached hydrogen (secondary N) is 2. The van der Waals surface area contributed by atoms with Gasteiger partial charge in [0, 0.05) is 17.7 Å². The van der Waals surface area contributed by atoms with Crippen LogP contribution in [0.25, 0.3) is 0 Å². The molecule has 2 aliphatic rings. The van der Waals surface area contributed by atoms with Crippen molar-refractivity contribution in [2.75, 3.05) is 0 Å². The summed E-state index contributed by atoms with van der Waals surface area (Å²) in [6.07, 6.45) is 3.37. The van der Waals surface area contributed by atoms with Crippen molar-refractivity contribution in [2.24, 2.45) is 5.92 Å². The Morgan fingerprint density at radius 3 is 2.36 bits per heavy atom. The second-order valence-corrected chi connectivity index (χ2v) is 10.0. The summed E-state index contributed by atoms with van der Waals surface area (Å²) in [4.78, 5) is 35.7. The molecule has 1 saturated carbocycles. The van der Waals surface area contributed by atoms with Gasteiger partial charge in [0.1, 0.15) is 6.04 Å². The summed E-state index contributed by atoms with van der Waals surface area (Å²) in [6, 6.07) is 11.9. The van der Waals surface area contributed by atoms with Crippen LogP contribution in [0.3, 0.4) is 0 Å². The Balaban J connectivity index is 1.62. The molecule has 174 valence electrons. The quantitative estimate of drug-likeness (QED) is 0.506. The van der Waals surface area contributed by atoms with Crippen LogP contribution < -0.4 is 10.9 Å². The van der Waals surface area contributed by atoms with Crippen molar-refractivity contribution in [1.82, 2.24) is 15.2 Å². The molecule has 0 spiro atoms. The number of carbonyl (C=O) groups is 2. The fourth-order valence-electron chi connectivity index (χ4n) is 4.79. The summed E-state index contributed by atoms with van der Waals surface area (Å²) < 4.78 is 28.4.